The van der Waals surface area contributed by atoms with Gasteiger partial charge in [0, 0.05) is 17.2 Å². The number of hydrogen-bond acceptors (Lipinski definition) is 4. The smallest absolute Gasteiger partial charge is 0.304 e. The number of Topliss-reactive ketones (excluding diaryl/α,β-unsaturated/α-hetero) is 1. The highest BCUT2D eigenvalue weighted by atomic mass is 32.2. The number of carbonyl (C=O) groups excluding carboxylic acids is 2. The van der Waals surface area contributed by atoms with Crippen molar-refractivity contribution in [1.82, 2.24) is 0 Å². The molecule has 0 aliphatic rings. The standard InChI is InChI=1S/C14H18O3S/c1-10(15)17-13(12(16)14(2,3)4)18-11-8-6-5-7-9-11/h5-9,13H,1-4H3. The lowest BCUT2D eigenvalue weighted by molar-refractivity contribution is -0.150. The molecule has 3 nitrogen and oxygen atoms in total. The van der Waals surface area contributed by atoms with E-state index in [9.17, 15) is 9.59 Å². The first-order valence-electron chi connectivity index (χ1n) is 5.74. The van der Waals surface area contributed by atoms with Gasteiger partial charge in [-0.25, -0.2) is 0 Å². The van der Waals surface area contributed by atoms with Crippen LogP contribution in [-0.2, 0) is 14.3 Å². The van der Waals surface area contributed by atoms with Crippen molar-refractivity contribution in [1.29, 1.82) is 0 Å². The van der Waals surface area contributed by atoms with Gasteiger partial charge in [0.05, 0.1) is 0 Å². The Morgan fingerprint density at radius 1 is 1.17 bits per heavy atom. The molecule has 4 heteroatoms. The van der Waals surface area contributed by atoms with E-state index in [0.29, 0.717) is 0 Å². The molecule has 0 spiro atoms. The molecule has 0 radical (unpaired) electrons. The summed E-state index contributed by atoms with van der Waals surface area (Å²) in [5.74, 6) is -0.535. The van der Waals surface area contributed by atoms with Gasteiger partial charge in [0.1, 0.15) is 0 Å². The van der Waals surface area contributed by atoms with Gasteiger partial charge in [0.15, 0.2) is 5.78 Å². The summed E-state index contributed by atoms with van der Waals surface area (Å²) < 4.78 is 5.12. The zero-order valence-corrected chi connectivity index (χ0v) is 11.9. The van der Waals surface area contributed by atoms with E-state index in [1.54, 1.807) is 0 Å². The molecule has 1 aromatic rings. The van der Waals surface area contributed by atoms with E-state index < -0.39 is 16.8 Å². The summed E-state index contributed by atoms with van der Waals surface area (Å²) in [4.78, 5) is 24.2. The van der Waals surface area contributed by atoms with Gasteiger partial charge >= 0.3 is 5.97 Å². The molecular weight excluding hydrogens is 248 g/mol. The predicted molar refractivity (Wildman–Crippen MR) is 72.3 cm³/mol. The number of carbonyl (C=O) groups is 2. The number of hydrogen-bond donors (Lipinski definition) is 0. The molecule has 0 bridgehead atoms. The van der Waals surface area contributed by atoms with Crippen LogP contribution in [0.4, 0.5) is 0 Å². The summed E-state index contributed by atoms with van der Waals surface area (Å²) in [6.07, 6.45) is 0. The van der Waals surface area contributed by atoms with E-state index in [2.05, 4.69) is 0 Å². The highest BCUT2D eigenvalue weighted by Gasteiger charge is 2.32. The summed E-state index contributed by atoms with van der Waals surface area (Å²) in [5.41, 5.74) is -1.33. The molecule has 18 heavy (non-hydrogen) atoms. The molecule has 0 heterocycles. The fraction of sp³-hybridized carbons (Fsp3) is 0.429. The van der Waals surface area contributed by atoms with Gasteiger partial charge in [0.2, 0.25) is 5.44 Å². The van der Waals surface area contributed by atoms with Gasteiger partial charge in [-0.3, -0.25) is 9.59 Å². The van der Waals surface area contributed by atoms with Gasteiger partial charge in [-0.15, -0.1) is 0 Å². The molecule has 0 amide bonds. The molecule has 1 aromatic carbocycles. The lowest BCUT2D eigenvalue weighted by atomic mass is 9.91. The Balaban J connectivity index is 2.86. The molecule has 0 saturated carbocycles. The first kappa shape index (κ1) is 14.8. The van der Waals surface area contributed by atoms with Crippen molar-refractivity contribution in [3.8, 4) is 0 Å². The lowest BCUT2D eigenvalue weighted by Gasteiger charge is -2.23. The largest absolute Gasteiger partial charge is 0.443 e. The molecule has 98 valence electrons. The number of thioether (sulfide) groups is 1. The first-order chi connectivity index (χ1) is 8.30. The van der Waals surface area contributed by atoms with Crippen molar-refractivity contribution < 1.29 is 14.3 Å². The van der Waals surface area contributed by atoms with Crippen molar-refractivity contribution in [3.63, 3.8) is 0 Å². The zero-order chi connectivity index (χ0) is 13.8. The third-order valence-electron chi connectivity index (χ3n) is 2.21. The minimum absolute atomic E-state index is 0.0912. The van der Waals surface area contributed by atoms with Crippen LogP contribution in [0.3, 0.4) is 0 Å². The zero-order valence-electron chi connectivity index (χ0n) is 11.1. The summed E-state index contributed by atoms with van der Waals surface area (Å²) in [6, 6.07) is 9.44. The fourth-order valence-corrected chi connectivity index (χ4v) is 2.46. The molecule has 0 saturated heterocycles. The first-order valence-corrected chi connectivity index (χ1v) is 6.62. The Morgan fingerprint density at radius 2 is 1.72 bits per heavy atom. The third kappa shape index (κ3) is 4.53. The Hall–Kier alpha value is -1.29. The Labute approximate surface area is 112 Å². The predicted octanol–water partition coefficient (Wildman–Crippen LogP) is 3.28. The van der Waals surface area contributed by atoms with Crippen LogP contribution in [0, 0.1) is 5.41 Å². The summed E-state index contributed by atoms with van der Waals surface area (Å²) in [6.45, 7) is 6.76. The van der Waals surface area contributed by atoms with E-state index in [1.807, 2.05) is 51.1 Å². The average Bonchev–Trinajstić information content (AvgIpc) is 2.26. The van der Waals surface area contributed by atoms with Crippen molar-refractivity contribution in [3.05, 3.63) is 30.3 Å². The fourth-order valence-electron chi connectivity index (χ4n) is 1.26. The maximum atomic E-state index is 12.2. The molecule has 0 aliphatic heterocycles. The highest BCUT2D eigenvalue weighted by molar-refractivity contribution is 8.00. The monoisotopic (exact) mass is 266 g/mol. The Kier molecular flexibility index (Phi) is 4.96. The van der Waals surface area contributed by atoms with E-state index in [0.717, 1.165) is 4.90 Å². The van der Waals surface area contributed by atoms with Gasteiger partial charge < -0.3 is 4.74 Å². The van der Waals surface area contributed by atoms with Crippen molar-refractivity contribution in [2.45, 2.75) is 38.0 Å². The van der Waals surface area contributed by atoms with Gasteiger partial charge in [0.25, 0.3) is 0 Å². The molecule has 0 aliphatic carbocycles. The van der Waals surface area contributed by atoms with E-state index in [-0.39, 0.29) is 5.78 Å². The van der Waals surface area contributed by atoms with Crippen LogP contribution in [0.1, 0.15) is 27.7 Å². The second-order valence-electron chi connectivity index (χ2n) is 4.99. The Morgan fingerprint density at radius 3 is 2.17 bits per heavy atom. The number of benzene rings is 1. The van der Waals surface area contributed by atoms with Crippen LogP contribution in [0.2, 0.25) is 0 Å². The quantitative estimate of drug-likeness (QED) is 0.476. The van der Waals surface area contributed by atoms with Crippen LogP contribution >= 0.6 is 11.8 Å². The second kappa shape index (κ2) is 6.05. The maximum Gasteiger partial charge on any atom is 0.304 e. The molecule has 0 fully saturated rings. The Bertz CT molecular complexity index is 420. The molecule has 1 atom stereocenters. The average molecular weight is 266 g/mol. The molecule has 1 unspecified atom stereocenters. The lowest BCUT2D eigenvalue weighted by Crippen LogP contribution is -2.33. The van der Waals surface area contributed by atoms with E-state index >= 15 is 0 Å². The summed E-state index contributed by atoms with van der Waals surface area (Å²) in [7, 11) is 0. The number of rotatable bonds is 4. The number of esters is 1. The summed E-state index contributed by atoms with van der Waals surface area (Å²) in [5, 5.41) is 0. The molecule has 1 rings (SSSR count). The van der Waals surface area contributed by atoms with Crippen molar-refractivity contribution in [2.75, 3.05) is 0 Å². The van der Waals surface area contributed by atoms with E-state index in [4.69, 9.17) is 4.74 Å². The molecule has 0 N–H and O–H groups in total. The van der Waals surface area contributed by atoms with Crippen molar-refractivity contribution >= 4 is 23.5 Å². The molecular formula is C14H18O3S. The minimum Gasteiger partial charge on any atom is -0.443 e. The SMILES string of the molecule is CC(=O)OC(Sc1ccccc1)C(=O)C(C)(C)C. The second-order valence-corrected chi connectivity index (χ2v) is 6.12. The van der Waals surface area contributed by atoms with Crippen LogP contribution in [0.25, 0.3) is 0 Å². The number of ketones is 1. The normalized spacial score (nSPS) is 12.9. The third-order valence-corrected chi connectivity index (χ3v) is 3.28. The van der Waals surface area contributed by atoms with Crippen molar-refractivity contribution in [2.24, 2.45) is 5.41 Å². The topological polar surface area (TPSA) is 43.4 Å². The number of ether oxygens (including phenoxy) is 1. The highest BCUT2D eigenvalue weighted by Crippen LogP contribution is 2.30. The van der Waals surface area contributed by atoms with Crippen LogP contribution < -0.4 is 0 Å². The van der Waals surface area contributed by atoms with Gasteiger partial charge in [-0.2, -0.15) is 0 Å². The summed E-state index contributed by atoms with van der Waals surface area (Å²) >= 11 is 1.26. The maximum absolute atomic E-state index is 12.2. The molecule has 0 aromatic heterocycles. The van der Waals surface area contributed by atoms with Gasteiger partial charge in [-0.1, -0.05) is 50.7 Å². The van der Waals surface area contributed by atoms with Gasteiger partial charge in [-0.05, 0) is 12.1 Å². The van der Waals surface area contributed by atoms with Crippen LogP contribution in [0.5, 0.6) is 0 Å². The van der Waals surface area contributed by atoms with E-state index in [1.165, 1.54) is 18.7 Å². The van der Waals surface area contributed by atoms with Crippen LogP contribution in [-0.4, -0.2) is 17.2 Å². The van der Waals surface area contributed by atoms with Crippen LogP contribution in [0.15, 0.2) is 35.2 Å². The minimum atomic E-state index is -0.787.